The molecule has 1 aromatic carbocycles. The van der Waals surface area contributed by atoms with Gasteiger partial charge in [-0.15, -0.1) is 0 Å². The van der Waals surface area contributed by atoms with Crippen molar-refractivity contribution >= 4 is 11.9 Å². The topological polar surface area (TPSA) is 92.4 Å². The van der Waals surface area contributed by atoms with Crippen molar-refractivity contribution in [3.63, 3.8) is 0 Å². The van der Waals surface area contributed by atoms with E-state index in [-0.39, 0.29) is 5.92 Å². The van der Waals surface area contributed by atoms with Gasteiger partial charge < -0.3 is 16.2 Å². The lowest BCUT2D eigenvalue weighted by molar-refractivity contribution is -0.143. The summed E-state index contributed by atoms with van der Waals surface area (Å²) in [5, 5.41) is 11.7. The van der Waals surface area contributed by atoms with Crippen molar-refractivity contribution in [3.8, 4) is 0 Å². The average molecular weight is 292 g/mol. The predicted octanol–water partition coefficient (Wildman–Crippen LogP) is 1.56. The molecule has 1 aromatic rings. The molecule has 1 amide bonds. The van der Waals surface area contributed by atoms with Crippen LogP contribution in [0.4, 0.5) is 0 Å². The highest BCUT2D eigenvalue weighted by molar-refractivity contribution is 5.86. The summed E-state index contributed by atoms with van der Waals surface area (Å²) in [6, 6.07) is 8.17. The van der Waals surface area contributed by atoms with E-state index < -0.39 is 24.0 Å². The molecule has 0 unspecified atom stereocenters. The third-order valence-electron chi connectivity index (χ3n) is 3.70. The number of rotatable bonds is 8. The minimum absolute atomic E-state index is 0.132. The Hall–Kier alpha value is -1.88. The predicted molar refractivity (Wildman–Crippen MR) is 81.8 cm³/mol. The molecule has 5 heteroatoms. The number of amides is 1. The summed E-state index contributed by atoms with van der Waals surface area (Å²) in [7, 11) is 0. The van der Waals surface area contributed by atoms with Crippen molar-refractivity contribution < 1.29 is 14.7 Å². The summed E-state index contributed by atoms with van der Waals surface area (Å²) in [6.07, 6.45) is 1.86. The van der Waals surface area contributed by atoms with E-state index in [1.54, 1.807) is 6.92 Å². The Morgan fingerprint density at radius 1 is 1.29 bits per heavy atom. The molecule has 5 nitrogen and oxygen atoms in total. The monoisotopic (exact) mass is 292 g/mol. The number of carbonyl (C=O) groups excluding carboxylic acids is 1. The molecule has 0 aliphatic rings. The highest BCUT2D eigenvalue weighted by Crippen LogP contribution is 2.09. The third kappa shape index (κ3) is 5.55. The smallest absolute Gasteiger partial charge is 0.326 e. The van der Waals surface area contributed by atoms with E-state index in [1.807, 2.05) is 37.3 Å². The van der Waals surface area contributed by atoms with Gasteiger partial charge in [0, 0.05) is 0 Å². The lowest BCUT2D eigenvalue weighted by Gasteiger charge is -2.22. The van der Waals surface area contributed by atoms with Crippen molar-refractivity contribution in [3.05, 3.63) is 35.9 Å². The van der Waals surface area contributed by atoms with Crippen LogP contribution in [0.15, 0.2) is 30.3 Å². The molecule has 0 aliphatic heterocycles. The largest absolute Gasteiger partial charge is 0.480 e. The van der Waals surface area contributed by atoms with Gasteiger partial charge in [0.15, 0.2) is 0 Å². The summed E-state index contributed by atoms with van der Waals surface area (Å²) in [4.78, 5) is 23.2. The summed E-state index contributed by atoms with van der Waals surface area (Å²) in [6.45, 7) is 3.69. The second-order valence-electron chi connectivity index (χ2n) is 5.34. The van der Waals surface area contributed by atoms with E-state index in [9.17, 15) is 9.59 Å². The van der Waals surface area contributed by atoms with Gasteiger partial charge in [-0.25, -0.2) is 4.79 Å². The van der Waals surface area contributed by atoms with Gasteiger partial charge in [0.05, 0.1) is 6.04 Å². The maximum Gasteiger partial charge on any atom is 0.326 e. The summed E-state index contributed by atoms with van der Waals surface area (Å²) < 4.78 is 0. The van der Waals surface area contributed by atoms with Crippen LogP contribution in [0.5, 0.6) is 0 Å². The Labute approximate surface area is 125 Å². The number of hydrogen-bond donors (Lipinski definition) is 3. The first-order valence-electron chi connectivity index (χ1n) is 7.28. The van der Waals surface area contributed by atoms with E-state index >= 15 is 0 Å². The summed E-state index contributed by atoms with van der Waals surface area (Å²) >= 11 is 0. The molecular weight excluding hydrogens is 268 g/mol. The fourth-order valence-electron chi connectivity index (χ4n) is 2.04. The zero-order chi connectivity index (χ0) is 15.8. The molecule has 3 atom stereocenters. The molecule has 4 N–H and O–H groups in total. The Morgan fingerprint density at radius 2 is 1.90 bits per heavy atom. The van der Waals surface area contributed by atoms with Crippen LogP contribution >= 0.6 is 0 Å². The van der Waals surface area contributed by atoms with Crippen molar-refractivity contribution in [1.29, 1.82) is 0 Å². The van der Waals surface area contributed by atoms with Crippen LogP contribution in [-0.4, -0.2) is 29.1 Å². The second kappa shape index (κ2) is 8.42. The van der Waals surface area contributed by atoms with Crippen LogP contribution in [0.25, 0.3) is 0 Å². The Bertz CT molecular complexity index is 462. The first kappa shape index (κ1) is 17.2. The molecule has 0 bridgehead atoms. The lowest BCUT2D eigenvalue weighted by atomic mass is 9.98. The van der Waals surface area contributed by atoms with Crippen LogP contribution in [-0.2, 0) is 16.0 Å². The Morgan fingerprint density at radius 3 is 2.43 bits per heavy atom. The standard InChI is InChI=1S/C16H24N2O3/c1-3-11(2)14(16(20)21)18-15(19)13(17)10-9-12-7-5-4-6-8-12/h4-8,11,13-14H,3,9-10,17H2,1-2H3,(H,18,19)(H,20,21)/t11-,13-,14-/m0/s1. The molecule has 21 heavy (non-hydrogen) atoms. The van der Waals surface area contributed by atoms with Gasteiger partial charge in [-0.05, 0) is 24.3 Å². The molecule has 1 rings (SSSR count). The number of aliphatic carboxylic acids is 1. The maximum absolute atomic E-state index is 12.0. The van der Waals surface area contributed by atoms with Crippen molar-refractivity contribution in [1.82, 2.24) is 5.32 Å². The van der Waals surface area contributed by atoms with E-state index in [0.717, 1.165) is 5.56 Å². The zero-order valence-electron chi connectivity index (χ0n) is 12.6. The Kier molecular flexibility index (Phi) is 6.88. The zero-order valence-corrected chi connectivity index (χ0v) is 12.6. The number of benzene rings is 1. The quantitative estimate of drug-likeness (QED) is 0.678. The first-order chi connectivity index (χ1) is 9.95. The molecule has 0 saturated heterocycles. The normalized spacial score (nSPS) is 15.0. The van der Waals surface area contributed by atoms with Gasteiger partial charge >= 0.3 is 5.97 Å². The van der Waals surface area contributed by atoms with E-state index in [2.05, 4.69) is 5.32 Å². The molecule has 0 saturated carbocycles. The van der Waals surface area contributed by atoms with Crippen LogP contribution in [0, 0.1) is 5.92 Å². The van der Waals surface area contributed by atoms with Crippen molar-refractivity contribution in [2.75, 3.05) is 0 Å². The fourth-order valence-corrected chi connectivity index (χ4v) is 2.04. The molecule has 0 fully saturated rings. The van der Waals surface area contributed by atoms with Gasteiger partial charge in [0.1, 0.15) is 6.04 Å². The molecule has 0 heterocycles. The highest BCUT2D eigenvalue weighted by atomic mass is 16.4. The van der Waals surface area contributed by atoms with Crippen molar-refractivity contribution in [2.45, 2.75) is 45.2 Å². The molecule has 0 radical (unpaired) electrons. The van der Waals surface area contributed by atoms with E-state index in [0.29, 0.717) is 19.3 Å². The van der Waals surface area contributed by atoms with Crippen LogP contribution < -0.4 is 11.1 Å². The van der Waals surface area contributed by atoms with E-state index in [4.69, 9.17) is 10.8 Å². The highest BCUT2D eigenvalue weighted by Gasteiger charge is 2.27. The minimum Gasteiger partial charge on any atom is -0.480 e. The molecule has 116 valence electrons. The summed E-state index contributed by atoms with van der Waals surface area (Å²) in [5.41, 5.74) is 6.96. The van der Waals surface area contributed by atoms with Crippen LogP contribution in [0.1, 0.15) is 32.3 Å². The number of carbonyl (C=O) groups is 2. The van der Waals surface area contributed by atoms with Gasteiger partial charge in [0.25, 0.3) is 0 Å². The van der Waals surface area contributed by atoms with E-state index in [1.165, 1.54) is 0 Å². The van der Waals surface area contributed by atoms with Gasteiger partial charge in [-0.1, -0.05) is 50.6 Å². The van der Waals surface area contributed by atoms with Gasteiger partial charge in [-0.2, -0.15) is 0 Å². The lowest BCUT2D eigenvalue weighted by Crippen LogP contribution is -2.51. The number of hydrogen-bond acceptors (Lipinski definition) is 3. The molecule has 0 aliphatic carbocycles. The van der Waals surface area contributed by atoms with Crippen LogP contribution in [0.2, 0.25) is 0 Å². The Balaban J connectivity index is 2.51. The SMILES string of the molecule is CC[C@H](C)[C@H](NC(=O)[C@@H](N)CCc1ccccc1)C(=O)O. The number of nitrogens with one attached hydrogen (secondary N) is 1. The van der Waals surface area contributed by atoms with Crippen LogP contribution in [0.3, 0.4) is 0 Å². The molecule has 0 spiro atoms. The third-order valence-corrected chi connectivity index (χ3v) is 3.70. The van der Waals surface area contributed by atoms with Crippen molar-refractivity contribution in [2.24, 2.45) is 11.7 Å². The minimum atomic E-state index is -1.02. The number of nitrogens with two attached hydrogens (primary N) is 1. The van der Waals surface area contributed by atoms with Gasteiger partial charge in [0.2, 0.25) is 5.91 Å². The summed E-state index contributed by atoms with van der Waals surface area (Å²) in [5.74, 6) is -1.56. The second-order valence-corrected chi connectivity index (χ2v) is 5.34. The molecule has 0 aromatic heterocycles. The average Bonchev–Trinajstić information content (AvgIpc) is 2.49. The molecular formula is C16H24N2O3. The maximum atomic E-state index is 12.0. The number of carboxylic acid groups (broad SMARTS) is 1. The fraction of sp³-hybridized carbons (Fsp3) is 0.500. The van der Waals surface area contributed by atoms with Gasteiger partial charge in [-0.3, -0.25) is 4.79 Å². The number of aryl methyl sites for hydroxylation is 1. The number of carboxylic acids is 1. The first-order valence-corrected chi connectivity index (χ1v) is 7.28.